The molecule has 0 bridgehead atoms. The predicted octanol–water partition coefficient (Wildman–Crippen LogP) is 2.29. The van der Waals surface area contributed by atoms with E-state index in [9.17, 15) is 0 Å². The number of anilines is 3. The van der Waals surface area contributed by atoms with Crippen LogP contribution >= 0.6 is 0 Å². The molecule has 0 fully saturated rings. The summed E-state index contributed by atoms with van der Waals surface area (Å²) >= 11 is 0. The number of benzene rings is 1. The Kier molecular flexibility index (Phi) is 3.30. The summed E-state index contributed by atoms with van der Waals surface area (Å²) in [6, 6.07) is 11.1. The van der Waals surface area contributed by atoms with Gasteiger partial charge in [0.1, 0.15) is 23.2 Å². The summed E-state index contributed by atoms with van der Waals surface area (Å²) in [5.74, 6) is 0.992. The molecule has 2 aromatic rings. The molecule has 0 aliphatic heterocycles. The van der Waals surface area contributed by atoms with E-state index in [0.717, 1.165) is 11.4 Å². The first-order chi connectivity index (χ1) is 8.74. The van der Waals surface area contributed by atoms with Crippen molar-refractivity contribution in [3.8, 4) is 11.8 Å². The Hall–Kier alpha value is -2.74. The van der Waals surface area contributed by atoms with Gasteiger partial charge < -0.3 is 15.8 Å². The monoisotopic (exact) mass is 240 g/mol. The number of pyridine rings is 1. The van der Waals surface area contributed by atoms with Crippen molar-refractivity contribution in [3.05, 3.63) is 42.1 Å². The van der Waals surface area contributed by atoms with Crippen molar-refractivity contribution in [1.29, 1.82) is 5.26 Å². The lowest BCUT2D eigenvalue weighted by Gasteiger charge is -2.09. The van der Waals surface area contributed by atoms with Gasteiger partial charge in [-0.1, -0.05) is 0 Å². The maximum Gasteiger partial charge on any atom is 0.143 e. The van der Waals surface area contributed by atoms with Gasteiger partial charge in [0.05, 0.1) is 12.8 Å². The number of rotatable bonds is 3. The molecule has 0 saturated carbocycles. The van der Waals surface area contributed by atoms with E-state index in [1.165, 1.54) is 0 Å². The summed E-state index contributed by atoms with van der Waals surface area (Å²) in [7, 11) is 1.61. The minimum absolute atomic E-state index is 0.219. The minimum atomic E-state index is 0.219. The standard InChI is InChI=1S/C13H12N4O/c1-18-10-4-2-9(3-5-10)17-12-6-7-16-13(15)11(12)8-14/h2-7H,1H3,(H3,15,16,17). The molecule has 0 radical (unpaired) electrons. The first-order valence-electron chi connectivity index (χ1n) is 5.30. The van der Waals surface area contributed by atoms with E-state index in [1.54, 1.807) is 19.4 Å². The molecule has 90 valence electrons. The van der Waals surface area contributed by atoms with Gasteiger partial charge >= 0.3 is 0 Å². The van der Waals surface area contributed by atoms with Gasteiger partial charge in [0.25, 0.3) is 0 Å². The predicted molar refractivity (Wildman–Crippen MR) is 69.6 cm³/mol. The topological polar surface area (TPSA) is 84.0 Å². The Labute approximate surface area is 105 Å². The molecule has 1 aromatic carbocycles. The third kappa shape index (κ3) is 2.33. The van der Waals surface area contributed by atoms with E-state index in [1.807, 2.05) is 30.3 Å². The molecule has 1 aromatic heterocycles. The van der Waals surface area contributed by atoms with Crippen LogP contribution in [0.25, 0.3) is 0 Å². The molecule has 0 aliphatic rings. The largest absolute Gasteiger partial charge is 0.497 e. The van der Waals surface area contributed by atoms with Crippen LogP contribution in [0, 0.1) is 11.3 Å². The van der Waals surface area contributed by atoms with Crippen molar-refractivity contribution in [2.75, 3.05) is 18.2 Å². The molecule has 3 N–H and O–H groups in total. The minimum Gasteiger partial charge on any atom is -0.497 e. The zero-order chi connectivity index (χ0) is 13.0. The fourth-order valence-corrected chi connectivity index (χ4v) is 1.53. The highest BCUT2D eigenvalue weighted by atomic mass is 16.5. The molecular formula is C13H12N4O. The number of nitrogens with zero attached hydrogens (tertiary/aromatic N) is 2. The van der Waals surface area contributed by atoms with Crippen LogP contribution in [0.4, 0.5) is 17.2 Å². The lowest BCUT2D eigenvalue weighted by molar-refractivity contribution is 0.415. The van der Waals surface area contributed by atoms with Crippen molar-refractivity contribution in [2.45, 2.75) is 0 Å². The summed E-state index contributed by atoms with van der Waals surface area (Å²) in [5.41, 5.74) is 7.46. The van der Waals surface area contributed by atoms with Gasteiger partial charge in [0.2, 0.25) is 0 Å². The van der Waals surface area contributed by atoms with Crippen LogP contribution in [0.3, 0.4) is 0 Å². The van der Waals surface area contributed by atoms with Crippen molar-refractivity contribution < 1.29 is 4.74 Å². The number of methoxy groups -OCH3 is 1. The van der Waals surface area contributed by atoms with E-state index >= 15 is 0 Å². The maximum atomic E-state index is 9.03. The van der Waals surface area contributed by atoms with Crippen LogP contribution in [0.5, 0.6) is 5.75 Å². The van der Waals surface area contributed by atoms with Crippen molar-refractivity contribution in [3.63, 3.8) is 0 Å². The van der Waals surface area contributed by atoms with Gasteiger partial charge in [-0.3, -0.25) is 0 Å². The Morgan fingerprint density at radius 1 is 1.28 bits per heavy atom. The normalized spacial score (nSPS) is 9.56. The fraction of sp³-hybridized carbons (Fsp3) is 0.0769. The van der Waals surface area contributed by atoms with Crippen molar-refractivity contribution in [2.24, 2.45) is 0 Å². The summed E-state index contributed by atoms with van der Waals surface area (Å²) < 4.78 is 5.07. The van der Waals surface area contributed by atoms with Crippen molar-refractivity contribution in [1.82, 2.24) is 4.98 Å². The van der Waals surface area contributed by atoms with E-state index in [-0.39, 0.29) is 5.82 Å². The van der Waals surface area contributed by atoms with Crippen LogP contribution in [-0.2, 0) is 0 Å². The van der Waals surface area contributed by atoms with Gasteiger partial charge in [-0.2, -0.15) is 5.26 Å². The molecule has 0 spiro atoms. The summed E-state index contributed by atoms with van der Waals surface area (Å²) in [5, 5.41) is 12.1. The number of hydrogen-bond acceptors (Lipinski definition) is 5. The van der Waals surface area contributed by atoms with Gasteiger partial charge in [0, 0.05) is 11.9 Å². The lowest BCUT2D eigenvalue weighted by atomic mass is 10.2. The van der Waals surface area contributed by atoms with E-state index in [4.69, 9.17) is 15.7 Å². The van der Waals surface area contributed by atoms with Crippen LogP contribution in [0.15, 0.2) is 36.5 Å². The second kappa shape index (κ2) is 5.06. The molecule has 0 aliphatic carbocycles. The van der Waals surface area contributed by atoms with Crippen LogP contribution in [-0.4, -0.2) is 12.1 Å². The van der Waals surface area contributed by atoms with Crippen LogP contribution in [0.2, 0.25) is 0 Å². The average Bonchev–Trinajstić information content (AvgIpc) is 2.40. The third-order valence-corrected chi connectivity index (χ3v) is 2.46. The number of nitriles is 1. The number of ether oxygens (including phenoxy) is 1. The summed E-state index contributed by atoms with van der Waals surface area (Å²) in [6.45, 7) is 0. The number of nitrogen functional groups attached to an aromatic ring is 1. The van der Waals surface area contributed by atoms with Crippen molar-refractivity contribution >= 4 is 17.2 Å². The van der Waals surface area contributed by atoms with Gasteiger partial charge in [0.15, 0.2) is 0 Å². The van der Waals surface area contributed by atoms with Crippen LogP contribution < -0.4 is 15.8 Å². The first kappa shape index (κ1) is 11.7. The van der Waals surface area contributed by atoms with E-state index in [0.29, 0.717) is 11.3 Å². The summed E-state index contributed by atoms with van der Waals surface area (Å²) in [4.78, 5) is 3.87. The highest BCUT2D eigenvalue weighted by Gasteiger charge is 2.06. The molecule has 2 rings (SSSR count). The number of nitrogens with one attached hydrogen (secondary N) is 1. The Balaban J connectivity index is 2.28. The second-order valence-electron chi connectivity index (χ2n) is 3.58. The van der Waals surface area contributed by atoms with Gasteiger partial charge in [-0.05, 0) is 30.3 Å². The summed E-state index contributed by atoms with van der Waals surface area (Å²) in [6.07, 6.45) is 1.56. The third-order valence-electron chi connectivity index (χ3n) is 2.46. The zero-order valence-corrected chi connectivity index (χ0v) is 9.84. The van der Waals surface area contributed by atoms with E-state index < -0.39 is 0 Å². The zero-order valence-electron chi connectivity index (χ0n) is 9.84. The lowest BCUT2D eigenvalue weighted by Crippen LogP contribution is -1.99. The molecule has 18 heavy (non-hydrogen) atoms. The molecule has 5 nitrogen and oxygen atoms in total. The number of hydrogen-bond donors (Lipinski definition) is 2. The van der Waals surface area contributed by atoms with Gasteiger partial charge in [-0.25, -0.2) is 4.98 Å². The Bertz CT molecular complexity index is 587. The van der Waals surface area contributed by atoms with Gasteiger partial charge in [-0.15, -0.1) is 0 Å². The number of aromatic nitrogens is 1. The Morgan fingerprint density at radius 3 is 2.61 bits per heavy atom. The molecule has 0 unspecified atom stereocenters. The highest BCUT2D eigenvalue weighted by Crippen LogP contribution is 2.24. The molecular weight excluding hydrogens is 228 g/mol. The molecule has 0 amide bonds. The molecule has 0 atom stereocenters. The molecule has 1 heterocycles. The SMILES string of the molecule is COc1ccc(Nc2ccnc(N)c2C#N)cc1. The highest BCUT2D eigenvalue weighted by molar-refractivity contribution is 5.71. The smallest absolute Gasteiger partial charge is 0.143 e. The quantitative estimate of drug-likeness (QED) is 0.859. The van der Waals surface area contributed by atoms with Crippen LogP contribution in [0.1, 0.15) is 5.56 Å². The molecule has 5 heteroatoms. The fourth-order valence-electron chi connectivity index (χ4n) is 1.53. The first-order valence-corrected chi connectivity index (χ1v) is 5.30. The maximum absolute atomic E-state index is 9.03. The molecule has 0 saturated heterocycles. The van der Waals surface area contributed by atoms with E-state index in [2.05, 4.69) is 10.3 Å². The Morgan fingerprint density at radius 2 is 2.00 bits per heavy atom. The second-order valence-corrected chi connectivity index (χ2v) is 3.58. The average molecular weight is 240 g/mol. The number of nitrogens with two attached hydrogens (primary N) is 1.